The lowest BCUT2D eigenvalue weighted by molar-refractivity contribution is 0.145. The molecule has 1 aromatic rings. The van der Waals surface area contributed by atoms with Gasteiger partial charge in [-0.15, -0.1) is 0 Å². The summed E-state index contributed by atoms with van der Waals surface area (Å²) in [6, 6.07) is 3.04. The first-order valence-electron chi connectivity index (χ1n) is 7.08. The number of nitrogens with one attached hydrogen (secondary N) is 2. The molecule has 2 amide bonds. The number of benzene rings is 1. The molecule has 0 saturated carbocycles. The molecule has 1 aromatic carbocycles. The first-order valence-corrected chi connectivity index (χ1v) is 7.08. The van der Waals surface area contributed by atoms with Gasteiger partial charge in [0.15, 0.2) is 11.5 Å². The summed E-state index contributed by atoms with van der Waals surface area (Å²) >= 11 is 0. The Labute approximate surface area is 130 Å². The third-order valence-corrected chi connectivity index (χ3v) is 2.88. The molecule has 0 aliphatic heterocycles. The summed E-state index contributed by atoms with van der Waals surface area (Å²) in [5.74, 6) is 1.44. The van der Waals surface area contributed by atoms with Crippen LogP contribution in [0.1, 0.15) is 13.3 Å². The largest absolute Gasteiger partial charge is 0.493 e. The Balaban J connectivity index is 2.63. The Morgan fingerprint density at radius 3 is 2.23 bits per heavy atom. The standard InChI is InChI=1S/C15H24N2O5/c1-5-22-8-6-7-16-15(18)17-11-9-12(19-2)14(21-4)13(10-11)20-3/h9-10H,5-8H2,1-4H3,(H2,16,17,18). The molecule has 124 valence electrons. The van der Waals surface area contributed by atoms with Crippen LogP contribution in [0.25, 0.3) is 0 Å². The van der Waals surface area contributed by atoms with Crippen molar-refractivity contribution in [1.29, 1.82) is 0 Å². The van der Waals surface area contributed by atoms with E-state index in [1.54, 1.807) is 12.1 Å². The summed E-state index contributed by atoms with van der Waals surface area (Å²) < 4.78 is 20.9. The molecule has 0 unspecified atom stereocenters. The lowest BCUT2D eigenvalue weighted by atomic mass is 10.2. The van der Waals surface area contributed by atoms with Crippen LogP contribution in [-0.2, 0) is 4.74 Å². The zero-order chi connectivity index (χ0) is 16.4. The fraction of sp³-hybridized carbons (Fsp3) is 0.533. The van der Waals surface area contributed by atoms with E-state index in [9.17, 15) is 4.79 Å². The molecule has 1 rings (SSSR count). The van der Waals surface area contributed by atoms with Gasteiger partial charge in [-0.05, 0) is 13.3 Å². The molecule has 0 atom stereocenters. The molecule has 0 bridgehead atoms. The number of rotatable bonds is 9. The Hall–Kier alpha value is -2.15. The van der Waals surface area contributed by atoms with Gasteiger partial charge in [-0.3, -0.25) is 0 Å². The number of carbonyl (C=O) groups excluding carboxylic acids is 1. The lowest BCUT2D eigenvalue weighted by Gasteiger charge is -2.15. The predicted molar refractivity (Wildman–Crippen MR) is 84.2 cm³/mol. The third-order valence-electron chi connectivity index (χ3n) is 2.88. The van der Waals surface area contributed by atoms with Crippen molar-refractivity contribution in [3.63, 3.8) is 0 Å². The summed E-state index contributed by atoms with van der Waals surface area (Å²) in [5.41, 5.74) is 0.553. The van der Waals surface area contributed by atoms with Crippen molar-refractivity contribution >= 4 is 11.7 Å². The number of anilines is 1. The van der Waals surface area contributed by atoms with Crippen LogP contribution in [0.5, 0.6) is 17.2 Å². The first kappa shape index (κ1) is 17.9. The second-order valence-corrected chi connectivity index (χ2v) is 4.35. The highest BCUT2D eigenvalue weighted by Gasteiger charge is 2.14. The van der Waals surface area contributed by atoms with Crippen molar-refractivity contribution in [2.75, 3.05) is 46.4 Å². The SMILES string of the molecule is CCOCCCNC(=O)Nc1cc(OC)c(OC)c(OC)c1. The quantitative estimate of drug-likeness (QED) is 0.684. The van der Waals surface area contributed by atoms with Gasteiger partial charge < -0.3 is 29.6 Å². The van der Waals surface area contributed by atoms with E-state index in [0.29, 0.717) is 42.7 Å². The Kier molecular flexibility index (Phi) is 7.91. The molecule has 0 heterocycles. The maximum atomic E-state index is 11.8. The van der Waals surface area contributed by atoms with E-state index < -0.39 is 0 Å². The molecule has 0 spiro atoms. The normalized spacial score (nSPS) is 10.0. The van der Waals surface area contributed by atoms with Crippen molar-refractivity contribution < 1.29 is 23.7 Å². The molecule has 7 nitrogen and oxygen atoms in total. The molecule has 0 saturated heterocycles. The van der Waals surface area contributed by atoms with Crippen LogP contribution in [0, 0.1) is 0 Å². The van der Waals surface area contributed by atoms with Gasteiger partial charge in [0.25, 0.3) is 0 Å². The van der Waals surface area contributed by atoms with Gasteiger partial charge in [0.1, 0.15) is 0 Å². The van der Waals surface area contributed by atoms with E-state index in [2.05, 4.69) is 10.6 Å². The summed E-state index contributed by atoms with van der Waals surface area (Å²) in [4.78, 5) is 11.8. The molecule has 0 aromatic heterocycles. The number of carbonyl (C=O) groups is 1. The molecular weight excluding hydrogens is 288 g/mol. The molecule has 7 heteroatoms. The van der Waals surface area contributed by atoms with Crippen molar-refractivity contribution in [3.8, 4) is 17.2 Å². The Morgan fingerprint density at radius 1 is 1.09 bits per heavy atom. The van der Waals surface area contributed by atoms with Gasteiger partial charge in [-0.2, -0.15) is 0 Å². The minimum atomic E-state index is -0.300. The van der Waals surface area contributed by atoms with Crippen LogP contribution < -0.4 is 24.8 Å². The van der Waals surface area contributed by atoms with Gasteiger partial charge in [0.2, 0.25) is 5.75 Å². The molecule has 22 heavy (non-hydrogen) atoms. The molecule has 0 aliphatic carbocycles. The lowest BCUT2D eigenvalue weighted by Crippen LogP contribution is -2.30. The number of ether oxygens (including phenoxy) is 4. The molecular formula is C15H24N2O5. The summed E-state index contributed by atoms with van der Waals surface area (Å²) in [6.07, 6.45) is 0.760. The van der Waals surface area contributed by atoms with Crippen molar-refractivity contribution in [2.24, 2.45) is 0 Å². The fourth-order valence-electron chi connectivity index (χ4n) is 1.85. The topological polar surface area (TPSA) is 78.1 Å². The van der Waals surface area contributed by atoms with Crippen LogP contribution in [0.4, 0.5) is 10.5 Å². The molecule has 2 N–H and O–H groups in total. The van der Waals surface area contributed by atoms with Crippen molar-refractivity contribution in [3.05, 3.63) is 12.1 Å². The molecule has 0 fully saturated rings. The van der Waals surface area contributed by atoms with Gasteiger partial charge in [-0.1, -0.05) is 0 Å². The third kappa shape index (κ3) is 5.33. The van der Waals surface area contributed by atoms with Crippen LogP contribution in [0.3, 0.4) is 0 Å². The van der Waals surface area contributed by atoms with E-state index in [1.807, 2.05) is 6.92 Å². The van der Waals surface area contributed by atoms with Crippen LogP contribution in [0.2, 0.25) is 0 Å². The highest BCUT2D eigenvalue weighted by molar-refractivity contribution is 5.90. The number of amides is 2. The van der Waals surface area contributed by atoms with Crippen LogP contribution >= 0.6 is 0 Å². The number of hydrogen-bond donors (Lipinski definition) is 2. The zero-order valence-electron chi connectivity index (χ0n) is 13.5. The Bertz CT molecular complexity index is 454. The van der Waals surface area contributed by atoms with Crippen molar-refractivity contribution in [2.45, 2.75) is 13.3 Å². The second-order valence-electron chi connectivity index (χ2n) is 4.35. The minimum absolute atomic E-state index is 0.300. The van der Waals surface area contributed by atoms with Gasteiger partial charge in [0.05, 0.1) is 27.0 Å². The van der Waals surface area contributed by atoms with Gasteiger partial charge in [-0.25, -0.2) is 4.79 Å². The van der Waals surface area contributed by atoms with Crippen LogP contribution in [0.15, 0.2) is 12.1 Å². The molecule has 0 radical (unpaired) electrons. The summed E-state index contributed by atoms with van der Waals surface area (Å²) in [6.45, 7) is 3.78. The van der Waals surface area contributed by atoms with Crippen LogP contribution in [-0.4, -0.2) is 47.1 Å². The molecule has 0 aliphatic rings. The maximum absolute atomic E-state index is 11.8. The van der Waals surface area contributed by atoms with E-state index >= 15 is 0 Å². The first-order chi connectivity index (χ1) is 10.7. The Morgan fingerprint density at radius 2 is 1.73 bits per heavy atom. The smallest absolute Gasteiger partial charge is 0.319 e. The van der Waals surface area contributed by atoms with Gasteiger partial charge in [0, 0.05) is 31.9 Å². The van der Waals surface area contributed by atoms with E-state index in [4.69, 9.17) is 18.9 Å². The second kappa shape index (κ2) is 9.73. The minimum Gasteiger partial charge on any atom is -0.493 e. The van der Waals surface area contributed by atoms with E-state index in [-0.39, 0.29) is 6.03 Å². The average molecular weight is 312 g/mol. The number of hydrogen-bond acceptors (Lipinski definition) is 5. The van der Waals surface area contributed by atoms with E-state index in [0.717, 1.165) is 6.42 Å². The number of methoxy groups -OCH3 is 3. The van der Waals surface area contributed by atoms with Gasteiger partial charge >= 0.3 is 6.03 Å². The fourth-order valence-corrected chi connectivity index (χ4v) is 1.85. The summed E-state index contributed by atoms with van der Waals surface area (Å²) in [7, 11) is 4.57. The van der Waals surface area contributed by atoms with Crippen molar-refractivity contribution in [1.82, 2.24) is 5.32 Å². The highest BCUT2D eigenvalue weighted by Crippen LogP contribution is 2.39. The number of urea groups is 1. The average Bonchev–Trinajstić information content (AvgIpc) is 2.53. The maximum Gasteiger partial charge on any atom is 0.319 e. The monoisotopic (exact) mass is 312 g/mol. The van der Waals surface area contributed by atoms with E-state index in [1.165, 1.54) is 21.3 Å². The predicted octanol–water partition coefficient (Wildman–Crippen LogP) is 2.26. The zero-order valence-corrected chi connectivity index (χ0v) is 13.5. The highest BCUT2D eigenvalue weighted by atomic mass is 16.5. The summed E-state index contributed by atoms with van der Waals surface area (Å²) in [5, 5.41) is 5.48.